The van der Waals surface area contributed by atoms with Crippen LogP contribution in [0.3, 0.4) is 0 Å². The van der Waals surface area contributed by atoms with Gasteiger partial charge in [0, 0.05) is 0 Å². The molecular weight excluding hydrogens is 207 g/mol. The number of anilines is 2. The molecule has 2 rings (SSSR count). The van der Waals surface area contributed by atoms with Gasteiger partial charge in [-0.05, 0) is 31.2 Å². The SMILES string of the molecule is CC(Nc1cccc(F)c1N)c1ccco1. The van der Waals surface area contributed by atoms with Crippen molar-refractivity contribution < 1.29 is 8.81 Å². The van der Waals surface area contributed by atoms with Crippen molar-refractivity contribution in [2.75, 3.05) is 11.1 Å². The van der Waals surface area contributed by atoms with E-state index < -0.39 is 5.82 Å². The predicted octanol–water partition coefficient (Wildman–Crippen LogP) is 3.17. The van der Waals surface area contributed by atoms with Gasteiger partial charge < -0.3 is 15.5 Å². The van der Waals surface area contributed by atoms with Gasteiger partial charge in [0.05, 0.1) is 23.7 Å². The van der Waals surface area contributed by atoms with Gasteiger partial charge in [-0.25, -0.2) is 4.39 Å². The lowest BCUT2D eigenvalue weighted by Crippen LogP contribution is -2.08. The highest BCUT2D eigenvalue weighted by Crippen LogP contribution is 2.26. The number of hydrogen-bond donors (Lipinski definition) is 2. The van der Waals surface area contributed by atoms with E-state index in [-0.39, 0.29) is 11.7 Å². The Morgan fingerprint density at radius 3 is 2.81 bits per heavy atom. The fraction of sp³-hybridized carbons (Fsp3) is 0.167. The summed E-state index contributed by atoms with van der Waals surface area (Å²) in [7, 11) is 0. The van der Waals surface area contributed by atoms with Crippen LogP contribution < -0.4 is 11.1 Å². The normalized spacial score (nSPS) is 12.4. The minimum atomic E-state index is -0.420. The number of benzene rings is 1. The van der Waals surface area contributed by atoms with E-state index in [9.17, 15) is 4.39 Å². The molecule has 0 saturated carbocycles. The highest BCUT2D eigenvalue weighted by molar-refractivity contribution is 5.66. The lowest BCUT2D eigenvalue weighted by molar-refractivity contribution is 0.490. The maximum Gasteiger partial charge on any atom is 0.148 e. The van der Waals surface area contributed by atoms with Crippen LogP contribution in [0.5, 0.6) is 0 Å². The molecule has 0 bridgehead atoms. The molecule has 1 atom stereocenters. The fourth-order valence-corrected chi connectivity index (χ4v) is 1.50. The van der Waals surface area contributed by atoms with E-state index in [1.807, 2.05) is 19.1 Å². The van der Waals surface area contributed by atoms with Gasteiger partial charge in [0.25, 0.3) is 0 Å². The van der Waals surface area contributed by atoms with Crippen LogP contribution in [-0.2, 0) is 0 Å². The number of nitrogens with two attached hydrogens (primary N) is 1. The molecule has 1 aromatic heterocycles. The van der Waals surface area contributed by atoms with Gasteiger partial charge in [0.2, 0.25) is 0 Å². The zero-order valence-corrected chi connectivity index (χ0v) is 8.91. The molecule has 84 valence electrons. The highest BCUT2D eigenvalue weighted by atomic mass is 19.1. The lowest BCUT2D eigenvalue weighted by atomic mass is 10.2. The van der Waals surface area contributed by atoms with Crippen molar-refractivity contribution in [3.63, 3.8) is 0 Å². The van der Waals surface area contributed by atoms with Gasteiger partial charge >= 0.3 is 0 Å². The summed E-state index contributed by atoms with van der Waals surface area (Å²) in [5.41, 5.74) is 6.32. The molecule has 2 aromatic rings. The van der Waals surface area contributed by atoms with Gasteiger partial charge in [-0.3, -0.25) is 0 Å². The van der Waals surface area contributed by atoms with Crippen molar-refractivity contribution >= 4 is 11.4 Å². The molecule has 0 radical (unpaired) electrons. The first-order chi connectivity index (χ1) is 7.68. The smallest absolute Gasteiger partial charge is 0.148 e. The molecule has 16 heavy (non-hydrogen) atoms. The minimum absolute atomic E-state index is 0.0564. The Labute approximate surface area is 93.1 Å². The maximum atomic E-state index is 13.2. The molecule has 1 unspecified atom stereocenters. The van der Waals surface area contributed by atoms with Crippen molar-refractivity contribution in [3.05, 3.63) is 48.2 Å². The predicted molar refractivity (Wildman–Crippen MR) is 61.6 cm³/mol. The summed E-state index contributed by atoms with van der Waals surface area (Å²) in [5.74, 6) is 0.361. The van der Waals surface area contributed by atoms with E-state index in [1.165, 1.54) is 6.07 Å². The monoisotopic (exact) mass is 220 g/mol. The molecule has 0 aliphatic rings. The van der Waals surface area contributed by atoms with Crippen LogP contribution in [0, 0.1) is 5.82 Å². The molecule has 0 aliphatic heterocycles. The van der Waals surface area contributed by atoms with Crippen molar-refractivity contribution in [1.82, 2.24) is 0 Å². The van der Waals surface area contributed by atoms with Crippen molar-refractivity contribution in [1.29, 1.82) is 0 Å². The van der Waals surface area contributed by atoms with Crippen molar-refractivity contribution in [2.24, 2.45) is 0 Å². The summed E-state index contributed by atoms with van der Waals surface area (Å²) in [5, 5.41) is 3.09. The fourth-order valence-electron chi connectivity index (χ4n) is 1.50. The number of nitrogen functional groups attached to an aromatic ring is 1. The number of hydrogen-bond acceptors (Lipinski definition) is 3. The first-order valence-corrected chi connectivity index (χ1v) is 5.02. The largest absolute Gasteiger partial charge is 0.467 e. The number of rotatable bonds is 3. The van der Waals surface area contributed by atoms with E-state index in [1.54, 1.807) is 18.4 Å². The molecule has 0 fully saturated rings. The average molecular weight is 220 g/mol. The van der Waals surface area contributed by atoms with Crippen molar-refractivity contribution in [3.8, 4) is 0 Å². The molecular formula is C12H13FN2O. The van der Waals surface area contributed by atoms with E-state index in [2.05, 4.69) is 5.32 Å². The van der Waals surface area contributed by atoms with E-state index in [0.717, 1.165) is 5.76 Å². The van der Waals surface area contributed by atoms with Gasteiger partial charge in [-0.15, -0.1) is 0 Å². The summed E-state index contributed by atoms with van der Waals surface area (Å²) in [6, 6.07) is 8.29. The Bertz CT molecular complexity index is 468. The summed E-state index contributed by atoms with van der Waals surface area (Å²) >= 11 is 0. The average Bonchev–Trinajstić information content (AvgIpc) is 2.78. The van der Waals surface area contributed by atoms with E-state index in [4.69, 9.17) is 10.2 Å². The molecule has 4 heteroatoms. The maximum absolute atomic E-state index is 13.2. The Morgan fingerprint density at radius 2 is 2.12 bits per heavy atom. The third-order valence-corrected chi connectivity index (χ3v) is 2.39. The van der Waals surface area contributed by atoms with Gasteiger partial charge in [-0.2, -0.15) is 0 Å². The highest BCUT2D eigenvalue weighted by Gasteiger charge is 2.10. The van der Waals surface area contributed by atoms with Gasteiger partial charge in [0.1, 0.15) is 11.6 Å². The summed E-state index contributed by atoms with van der Waals surface area (Å²) in [6.45, 7) is 1.92. The first kappa shape index (κ1) is 10.5. The number of halogens is 1. The quantitative estimate of drug-likeness (QED) is 0.781. The van der Waals surface area contributed by atoms with Crippen molar-refractivity contribution in [2.45, 2.75) is 13.0 Å². The second-order valence-electron chi connectivity index (χ2n) is 3.58. The third-order valence-electron chi connectivity index (χ3n) is 2.39. The third kappa shape index (κ3) is 2.00. The lowest BCUT2D eigenvalue weighted by Gasteiger charge is -2.14. The first-order valence-electron chi connectivity index (χ1n) is 5.02. The van der Waals surface area contributed by atoms with E-state index >= 15 is 0 Å². The second kappa shape index (κ2) is 4.26. The molecule has 0 aliphatic carbocycles. The van der Waals surface area contributed by atoms with Crippen LogP contribution in [0.25, 0.3) is 0 Å². The second-order valence-corrected chi connectivity index (χ2v) is 3.58. The Balaban J connectivity index is 2.18. The molecule has 1 aromatic carbocycles. The van der Waals surface area contributed by atoms with Crippen LogP contribution in [0.1, 0.15) is 18.7 Å². The Kier molecular flexibility index (Phi) is 2.81. The molecule has 1 heterocycles. The van der Waals surface area contributed by atoms with Crippen LogP contribution in [0.4, 0.5) is 15.8 Å². The number of furan rings is 1. The molecule has 0 spiro atoms. The molecule has 0 amide bonds. The van der Waals surface area contributed by atoms with Crippen LogP contribution in [-0.4, -0.2) is 0 Å². The Morgan fingerprint density at radius 1 is 1.31 bits per heavy atom. The molecule has 3 N–H and O–H groups in total. The van der Waals surface area contributed by atoms with Crippen LogP contribution in [0.2, 0.25) is 0 Å². The summed E-state index contributed by atoms with van der Waals surface area (Å²) in [6.07, 6.45) is 1.60. The van der Waals surface area contributed by atoms with Gasteiger partial charge in [0.15, 0.2) is 0 Å². The van der Waals surface area contributed by atoms with Crippen LogP contribution in [0.15, 0.2) is 41.0 Å². The van der Waals surface area contributed by atoms with Crippen LogP contribution >= 0.6 is 0 Å². The zero-order valence-electron chi connectivity index (χ0n) is 8.91. The standard InChI is InChI=1S/C12H13FN2O/c1-8(11-6-3-7-16-11)15-10-5-2-4-9(13)12(10)14/h2-8,15H,14H2,1H3. The molecule has 0 saturated heterocycles. The Hall–Kier alpha value is -1.97. The number of para-hydroxylation sites is 1. The summed E-state index contributed by atoms with van der Waals surface area (Å²) in [4.78, 5) is 0. The topological polar surface area (TPSA) is 51.2 Å². The summed E-state index contributed by atoms with van der Waals surface area (Å²) < 4.78 is 18.4. The number of nitrogens with one attached hydrogen (secondary N) is 1. The minimum Gasteiger partial charge on any atom is -0.467 e. The molecule has 3 nitrogen and oxygen atoms in total. The van der Waals surface area contributed by atoms with Gasteiger partial charge in [-0.1, -0.05) is 6.07 Å². The zero-order chi connectivity index (χ0) is 11.5. The van der Waals surface area contributed by atoms with E-state index in [0.29, 0.717) is 5.69 Å².